The van der Waals surface area contributed by atoms with Gasteiger partial charge in [0.1, 0.15) is 0 Å². The fourth-order valence-electron chi connectivity index (χ4n) is 2.64. The molecule has 26 heavy (non-hydrogen) atoms. The number of carbonyl (C=O) groups is 1. The van der Waals surface area contributed by atoms with E-state index in [1.54, 1.807) is 25.1 Å². The lowest BCUT2D eigenvalue weighted by atomic mass is 10.0. The second-order valence-corrected chi connectivity index (χ2v) is 6.91. The van der Waals surface area contributed by atoms with E-state index >= 15 is 0 Å². The summed E-state index contributed by atoms with van der Waals surface area (Å²) in [6.45, 7) is 8.27. The molecule has 0 saturated heterocycles. The zero-order valence-electron chi connectivity index (χ0n) is 15.4. The highest BCUT2D eigenvalue weighted by atomic mass is 35.5. The normalized spacial score (nSPS) is 11.6. The van der Waals surface area contributed by atoms with Crippen LogP contribution in [-0.2, 0) is 4.74 Å². The summed E-state index contributed by atoms with van der Waals surface area (Å²) in [7, 11) is 0. The molecule has 0 aromatic heterocycles. The van der Waals surface area contributed by atoms with Crippen LogP contribution < -0.4 is 10.6 Å². The number of nitrogens with one attached hydrogen (secondary N) is 2. The van der Waals surface area contributed by atoms with Gasteiger partial charge >= 0.3 is 5.97 Å². The van der Waals surface area contributed by atoms with Crippen molar-refractivity contribution in [1.29, 1.82) is 0 Å². The lowest BCUT2D eigenvalue weighted by Crippen LogP contribution is -2.31. The molecule has 0 heterocycles. The van der Waals surface area contributed by atoms with E-state index in [1.807, 2.05) is 0 Å². The molecule has 1 atom stereocenters. The summed E-state index contributed by atoms with van der Waals surface area (Å²) in [5, 5.41) is 7.18. The van der Waals surface area contributed by atoms with Gasteiger partial charge in [0.2, 0.25) is 0 Å². The molecule has 0 saturated carbocycles. The molecule has 0 radical (unpaired) electrons. The molecule has 1 unspecified atom stereocenters. The van der Waals surface area contributed by atoms with Crippen molar-refractivity contribution in [2.24, 2.45) is 0 Å². The van der Waals surface area contributed by atoms with Crippen LogP contribution >= 0.6 is 23.8 Å². The number of hydrogen-bond donors (Lipinski definition) is 2. The molecule has 2 rings (SSSR count). The van der Waals surface area contributed by atoms with Crippen LogP contribution in [-0.4, -0.2) is 17.7 Å². The molecular weight excluding hydrogens is 368 g/mol. The minimum Gasteiger partial charge on any atom is -0.462 e. The van der Waals surface area contributed by atoms with Crippen LogP contribution in [0.15, 0.2) is 36.4 Å². The van der Waals surface area contributed by atoms with Gasteiger partial charge in [-0.1, -0.05) is 35.4 Å². The topological polar surface area (TPSA) is 50.4 Å². The summed E-state index contributed by atoms with van der Waals surface area (Å²) in [5.41, 5.74) is 4.65. The summed E-state index contributed by atoms with van der Waals surface area (Å²) in [4.78, 5) is 11.8. The average Bonchev–Trinajstić information content (AvgIpc) is 2.57. The summed E-state index contributed by atoms with van der Waals surface area (Å²) < 4.78 is 4.97. The first-order chi connectivity index (χ1) is 12.3. The van der Waals surface area contributed by atoms with Gasteiger partial charge in [0.15, 0.2) is 5.11 Å². The first-order valence-corrected chi connectivity index (χ1v) is 9.21. The third-order valence-electron chi connectivity index (χ3n) is 3.97. The van der Waals surface area contributed by atoms with Gasteiger partial charge in [-0.3, -0.25) is 0 Å². The summed E-state index contributed by atoms with van der Waals surface area (Å²) >= 11 is 11.6. The number of hydrogen-bond acceptors (Lipinski definition) is 3. The predicted octanol–water partition coefficient (Wildman–Crippen LogP) is 5.18. The van der Waals surface area contributed by atoms with Crippen molar-refractivity contribution < 1.29 is 9.53 Å². The highest BCUT2D eigenvalue weighted by molar-refractivity contribution is 7.80. The number of thiocarbonyl (C=S) groups is 1. The quantitative estimate of drug-likeness (QED) is 0.544. The first kappa shape index (κ1) is 20.2. The minimum atomic E-state index is -0.437. The van der Waals surface area contributed by atoms with Crippen LogP contribution in [0.25, 0.3) is 0 Å². The molecule has 0 aliphatic carbocycles. The molecule has 0 aliphatic heterocycles. The first-order valence-electron chi connectivity index (χ1n) is 8.43. The molecule has 0 amide bonds. The third kappa shape index (κ3) is 5.19. The van der Waals surface area contributed by atoms with E-state index in [0.717, 1.165) is 0 Å². The van der Waals surface area contributed by atoms with E-state index in [-0.39, 0.29) is 6.04 Å². The zero-order valence-corrected chi connectivity index (χ0v) is 16.9. The maximum atomic E-state index is 11.8. The Morgan fingerprint density at radius 1 is 1.23 bits per heavy atom. The van der Waals surface area contributed by atoms with Crippen LogP contribution in [0.4, 0.5) is 5.69 Å². The molecule has 2 aromatic rings. The highest BCUT2D eigenvalue weighted by Crippen LogP contribution is 2.23. The Balaban J connectivity index is 2.04. The molecule has 0 spiro atoms. The smallest absolute Gasteiger partial charge is 0.339 e. The second kappa shape index (κ2) is 9.01. The monoisotopic (exact) mass is 390 g/mol. The molecule has 0 bridgehead atoms. The van der Waals surface area contributed by atoms with Crippen LogP contribution in [0.3, 0.4) is 0 Å². The molecule has 138 valence electrons. The third-order valence-corrected chi connectivity index (χ3v) is 4.50. The van der Waals surface area contributed by atoms with Crippen LogP contribution in [0.2, 0.25) is 5.02 Å². The fourth-order valence-corrected chi connectivity index (χ4v) is 3.19. The number of carbonyl (C=O) groups excluding carboxylic acids is 1. The maximum absolute atomic E-state index is 11.8. The summed E-state index contributed by atoms with van der Waals surface area (Å²) in [5.74, 6) is -0.437. The van der Waals surface area contributed by atoms with Crippen molar-refractivity contribution in [3.05, 3.63) is 63.7 Å². The van der Waals surface area contributed by atoms with E-state index < -0.39 is 5.97 Å². The Morgan fingerprint density at radius 2 is 1.96 bits per heavy atom. The number of esters is 1. The maximum Gasteiger partial charge on any atom is 0.339 e. The SMILES string of the molecule is CCOC(=O)c1ccc(NC(=S)NC(C)c2cc(C)ccc2C)cc1Cl. The van der Waals surface area contributed by atoms with Crippen molar-refractivity contribution in [1.82, 2.24) is 5.32 Å². The Hall–Kier alpha value is -2.11. The fraction of sp³-hybridized carbons (Fsp3) is 0.300. The Bertz CT molecular complexity index is 823. The van der Waals surface area contributed by atoms with Gasteiger partial charge in [-0.05, 0) is 69.2 Å². The van der Waals surface area contributed by atoms with Gasteiger partial charge in [-0.2, -0.15) is 0 Å². The van der Waals surface area contributed by atoms with Crippen LogP contribution in [0.1, 0.15) is 46.9 Å². The second-order valence-electron chi connectivity index (χ2n) is 6.10. The van der Waals surface area contributed by atoms with Gasteiger partial charge in [-0.25, -0.2) is 4.79 Å². The van der Waals surface area contributed by atoms with Crippen molar-refractivity contribution in [3.63, 3.8) is 0 Å². The van der Waals surface area contributed by atoms with Gasteiger partial charge in [0.05, 0.1) is 23.2 Å². The lowest BCUT2D eigenvalue weighted by molar-refractivity contribution is 0.0526. The van der Waals surface area contributed by atoms with Gasteiger partial charge < -0.3 is 15.4 Å². The lowest BCUT2D eigenvalue weighted by Gasteiger charge is -2.20. The predicted molar refractivity (Wildman–Crippen MR) is 111 cm³/mol. The standard InChI is InChI=1S/C20H23ClN2O2S/c1-5-25-19(24)16-9-8-15(11-18(16)21)23-20(26)22-14(4)17-10-12(2)6-7-13(17)3/h6-11,14H,5H2,1-4H3,(H2,22,23,26). The highest BCUT2D eigenvalue weighted by Gasteiger charge is 2.13. The molecular formula is C20H23ClN2O2S. The van der Waals surface area contributed by atoms with E-state index in [2.05, 4.69) is 49.6 Å². The van der Waals surface area contributed by atoms with Crippen molar-refractivity contribution in [2.45, 2.75) is 33.7 Å². The number of aryl methyl sites for hydroxylation is 2. The van der Waals surface area contributed by atoms with Gasteiger partial charge in [0.25, 0.3) is 0 Å². The van der Waals surface area contributed by atoms with Crippen molar-refractivity contribution in [2.75, 3.05) is 11.9 Å². The molecule has 2 N–H and O–H groups in total. The molecule has 2 aromatic carbocycles. The van der Waals surface area contributed by atoms with Crippen LogP contribution in [0, 0.1) is 13.8 Å². The molecule has 4 nitrogen and oxygen atoms in total. The number of halogens is 1. The minimum absolute atomic E-state index is 0.0594. The Morgan fingerprint density at radius 3 is 2.62 bits per heavy atom. The molecule has 6 heteroatoms. The molecule has 0 fully saturated rings. The average molecular weight is 391 g/mol. The Labute approximate surface area is 164 Å². The van der Waals surface area contributed by atoms with E-state index in [4.69, 9.17) is 28.6 Å². The van der Waals surface area contributed by atoms with Crippen molar-refractivity contribution in [3.8, 4) is 0 Å². The van der Waals surface area contributed by atoms with Gasteiger partial charge in [-0.15, -0.1) is 0 Å². The number of rotatable bonds is 5. The number of anilines is 1. The van der Waals surface area contributed by atoms with E-state index in [0.29, 0.717) is 28.0 Å². The largest absolute Gasteiger partial charge is 0.462 e. The number of benzene rings is 2. The van der Waals surface area contributed by atoms with E-state index in [1.165, 1.54) is 16.7 Å². The van der Waals surface area contributed by atoms with Crippen molar-refractivity contribution >= 4 is 40.6 Å². The van der Waals surface area contributed by atoms with Crippen LogP contribution in [0.5, 0.6) is 0 Å². The zero-order chi connectivity index (χ0) is 19.3. The molecule has 0 aliphatic rings. The summed E-state index contributed by atoms with van der Waals surface area (Å²) in [6.07, 6.45) is 0. The number of ether oxygens (including phenoxy) is 1. The Kier molecular flexibility index (Phi) is 7.00. The summed E-state index contributed by atoms with van der Waals surface area (Å²) in [6, 6.07) is 11.4. The van der Waals surface area contributed by atoms with E-state index in [9.17, 15) is 4.79 Å². The van der Waals surface area contributed by atoms with Gasteiger partial charge in [0, 0.05) is 5.69 Å².